The minimum Gasteiger partial charge on any atom is -0.378 e. The largest absolute Gasteiger partial charge is 0.416 e. The summed E-state index contributed by atoms with van der Waals surface area (Å²) in [6.45, 7) is 0.385. The Labute approximate surface area is 190 Å². The fourth-order valence-electron chi connectivity index (χ4n) is 2.52. The van der Waals surface area contributed by atoms with Crippen molar-refractivity contribution in [1.29, 1.82) is 0 Å². The second-order valence-corrected chi connectivity index (χ2v) is 8.14. The maximum absolute atomic E-state index is 12.9. The molecule has 3 aromatic rings. The highest BCUT2D eigenvalue weighted by atomic mass is 35.5. The molecule has 1 amide bonds. The monoisotopic (exact) mass is 489 g/mol. The molecule has 2 N–H and O–H groups in total. The van der Waals surface area contributed by atoms with E-state index in [2.05, 4.69) is 20.8 Å². The minimum absolute atomic E-state index is 0.0133. The maximum Gasteiger partial charge on any atom is 0.416 e. The van der Waals surface area contributed by atoms with E-state index in [1.807, 2.05) is 12.1 Å². The van der Waals surface area contributed by atoms with Crippen LogP contribution in [0.25, 0.3) is 0 Å². The summed E-state index contributed by atoms with van der Waals surface area (Å²) in [5.41, 5.74) is -0.182. The Morgan fingerprint density at radius 1 is 1.16 bits per heavy atom. The van der Waals surface area contributed by atoms with Gasteiger partial charge in [0, 0.05) is 17.8 Å². The van der Waals surface area contributed by atoms with Crippen LogP contribution in [0.2, 0.25) is 10.0 Å². The molecule has 0 saturated carbocycles. The van der Waals surface area contributed by atoms with Crippen LogP contribution in [0.4, 0.5) is 24.5 Å². The molecule has 0 atom stereocenters. The van der Waals surface area contributed by atoms with Crippen molar-refractivity contribution in [2.75, 3.05) is 16.4 Å². The van der Waals surface area contributed by atoms with Gasteiger partial charge >= 0.3 is 6.18 Å². The molecule has 0 spiro atoms. The van der Waals surface area contributed by atoms with E-state index < -0.39 is 17.6 Å². The van der Waals surface area contributed by atoms with Crippen molar-refractivity contribution in [2.24, 2.45) is 7.05 Å². The standard InChI is InChI=1S/C19H16Cl2F3N5OS/c1-29-16(9-25-13-4-2-3-12(20)8-13)27-28-18(29)31-10-17(30)26-15-7-11(19(22,23)24)5-6-14(15)21/h2-8,25H,9-10H2,1H3,(H,26,30). The Hall–Kier alpha value is -2.43. The Morgan fingerprint density at radius 3 is 2.65 bits per heavy atom. The van der Waals surface area contributed by atoms with Crippen LogP contribution in [0, 0.1) is 0 Å². The highest BCUT2D eigenvalue weighted by Crippen LogP contribution is 2.34. The van der Waals surface area contributed by atoms with Gasteiger partial charge < -0.3 is 15.2 Å². The van der Waals surface area contributed by atoms with Crippen molar-refractivity contribution < 1.29 is 18.0 Å². The minimum atomic E-state index is -4.53. The fourth-order valence-corrected chi connectivity index (χ4v) is 3.60. The summed E-state index contributed by atoms with van der Waals surface area (Å²) in [6.07, 6.45) is -4.53. The normalized spacial score (nSPS) is 11.4. The highest BCUT2D eigenvalue weighted by Gasteiger charge is 2.31. The number of hydrogen-bond donors (Lipinski definition) is 2. The van der Waals surface area contributed by atoms with Crippen LogP contribution in [0.3, 0.4) is 0 Å². The lowest BCUT2D eigenvalue weighted by Gasteiger charge is -2.11. The van der Waals surface area contributed by atoms with Gasteiger partial charge in [-0.3, -0.25) is 4.79 Å². The van der Waals surface area contributed by atoms with Gasteiger partial charge in [0.15, 0.2) is 11.0 Å². The molecule has 31 heavy (non-hydrogen) atoms. The molecule has 0 radical (unpaired) electrons. The molecule has 0 unspecified atom stereocenters. The third kappa shape index (κ3) is 6.28. The number of amides is 1. The summed E-state index contributed by atoms with van der Waals surface area (Å²) in [4.78, 5) is 12.2. The van der Waals surface area contributed by atoms with Crippen LogP contribution in [0.15, 0.2) is 47.6 Å². The SMILES string of the molecule is Cn1c(CNc2cccc(Cl)c2)nnc1SCC(=O)Nc1cc(C(F)(F)F)ccc1Cl. The number of nitrogens with zero attached hydrogens (tertiary/aromatic N) is 3. The van der Waals surface area contributed by atoms with E-state index in [4.69, 9.17) is 23.2 Å². The summed E-state index contributed by atoms with van der Waals surface area (Å²) < 4.78 is 40.3. The summed E-state index contributed by atoms with van der Waals surface area (Å²) in [7, 11) is 1.75. The lowest BCUT2D eigenvalue weighted by atomic mass is 10.2. The van der Waals surface area contributed by atoms with E-state index in [1.54, 1.807) is 23.7 Å². The predicted octanol–water partition coefficient (Wildman–Crippen LogP) is 5.48. The van der Waals surface area contributed by atoms with Crippen LogP contribution in [0.1, 0.15) is 11.4 Å². The number of aromatic nitrogens is 3. The molecule has 2 aromatic carbocycles. The van der Waals surface area contributed by atoms with Crippen molar-refractivity contribution in [3.8, 4) is 0 Å². The molecule has 164 valence electrons. The molecule has 3 rings (SSSR count). The third-order valence-electron chi connectivity index (χ3n) is 4.10. The van der Waals surface area contributed by atoms with Crippen LogP contribution in [0.5, 0.6) is 0 Å². The molecule has 0 aliphatic rings. The average Bonchev–Trinajstić information content (AvgIpc) is 3.05. The van der Waals surface area contributed by atoms with E-state index in [9.17, 15) is 18.0 Å². The zero-order chi connectivity index (χ0) is 22.6. The van der Waals surface area contributed by atoms with Gasteiger partial charge in [-0.05, 0) is 36.4 Å². The molecule has 6 nitrogen and oxygen atoms in total. The molecule has 0 aliphatic heterocycles. The summed E-state index contributed by atoms with van der Waals surface area (Å²) >= 11 is 13.0. The number of hydrogen-bond acceptors (Lipinski definition) is 5. The van der Waals surface area contributed by atoms with Crippen molar-refractivity contribution in [3.05, 3.63) is 63.9 Å². The first-order valence-electron chi connectivity index (χ1n) is 8.80. The topological polar surface area (TPSA) is 71.8 Å². The number of alkyl halides is 3. The number of thioether (sulfide) groups is 1. The zero-order valence-electron chi connectivity index (χ0n) is 16.0. The Kier molecular flexibility index (Phi) is 7.34. The molecule has 0 saturated heterocycles. The Morgan fingerprint density at radius 2 is 1.94 bits per heavy atom. The number of anilines is 2. The number of carbonyl (C=O) groups is 1. The van der Waals surface area contributed by atoms with E-state index in [0.29, 0.717) is 22.5 Å². The molecule has 12 heteroatoms. The number of benzene rings is 2. The van der Waals surface area contributed by atoms with E-state index >= 15 is 0 Å². The number of nitrogens with one attached hydrogen (secondary N) is 2. The lowest BCUT2D eigenvalue weighted by molar-refractivity contribution is -0.137. The third-order valence-corrected chi connectivity index (χ3v) is 5.69. The van der Waals surface area contributed by atoms with Crippen molar-refractivity contribution in [3.63, 3.8) is 0 Å². The Balaban J connectivity index is 1.57. The van der Waals surface area contributed by atoms with Crippen LogP contribution >= 0.6 is 35.0 Å². The molecule has 1 heterocycles. The van der Waals surface area contributed by atoms with Gasteiger partial charge in [-0.25, -0.2) is 0 Å². The first-order valence-corrected chi connectivity index (χ1v) is 10.5. The van der Waals surface area contributed by atoms with Gasteiger partial charge in [-0.1, -0.05) is 41.0 Å². The quantitative estimate of drug-likeness (QED) is 0.429. The van der Waals surface area contributed by atoms with Gasteiger partial charge in [-0.2, -0.15) is 13.2 Å². The van der Waals surface area contributed by atoms with Gasteiger partial charge in [0.25, 0.3) is 0 Å². The van der Waals surface area contributed by atoms with Gasteiger partial charge in [0.1, 0.15) is 0 Å². The van der Waals surface area contributed by atoms with Crippen molar-refractivity contribution >= 4 is 52.2 Å². The first kappa shape index (κ1) is 23.2. The van der Waals surface area contributed by atoms with Crippen molar-refractivity contribution in [2.45, 2.75) is 17.9 Å². The van der Waals surface area contributed by atoms with E-state index in [0.717, 1.165) is 35.6 Å². The van der Waals surface area contributed by atoms with Gasteiger partial charge in [0.05, 0.1) is 28.6 Å². The molecule has 1 aromatic heterocycles. The Bertz CT molecular complexity index is 1090. The predicted molar refractivity (Wildman–Crippen MR) is 116 cm³/mol. The smallest absolute Gasteiger partial charge is 0.378 e. The maximum atomic E-state index is 12.9. The van der Waals surface area contributed by atoms with Crippen molar-refractivity contribution in [1.82, 2.24) is 14.8 Å². The lowest BCUT2D eigenvalue weighted by Crippen LogP contribution is -2.16. The van der Waals surface area contributed by atoms with E-state index in [1.165, 1.54) is 0 Å². The summed E-state index contributed by atoms with van der Waals surface area (Å²) in [5, 5.41) is 14.8. The second kappa shape index (κ2) is 9.80. The molecule has 0 aliphatic carbocycles. The number of carbonyl (C=O) groups excluding carboxylic acids is 1. The van der Waals surface area contributed by atoms with Gasteiger partial charge in [-0.15, -0.1) is 10.2 Å². The second-order valence-electron chi connectivity index (χ2n) is 6.35. The number of halogens is 5. The molecule has 0 bridgehead atoms. The average molecular weight is 490 g/mol. The number of rotatable bonds is 7. The molecular weight excluding hydrogens is 474 g/mol. The van der Waals surface area contributed by atoms with Crippen LogP contribution < -0.4 is 10.6 Å². The van der Waals surface area contributed by atoms with Gasteiger partial charge in [0.2, 0.25) is 5.91 Å². The highest BCUT2D eigenvalue weighted by molar-refractivity contribution is 7.99. The van der Waals surface area contributed by atoms with Crippen LogP contribution in [-0.2, 0) is 24.6 Å². The summed E-state index contributed by atoms with van der Waals surface area (Å²) in [5.74, 6) is 0.0249. The molecule has 0 fully saturated rings. The zero-order valence-corrected chi connectivity index (χ0v) is 18.3. The van der Waals surface area contributed by atoms with E-state index in [-0.39, 0.29) is 16.5 Å². The van der Waals surface area contributed by atoms with Crippen LogP contribution in [-0.4, -0.2) is 26.4 Å². The first-order chi connectivity index (χ1) is 14.6. The molecular formula is C19H16Cl2F3N5OS. The summed E-state index contributed by atoms with van der Waals surface area (Å²) in [6, 6.07) is 9.96. The fraction of sp³-hybridized carbons (Fsp3) is 0.211.